The normalized spacial score (nSPS) is 10.2. The molecule has 2 rings (SSSR count). The third kappa shape index (κ3) is 4.42. The fourth-order valence-electron chi connectivity index (χ4n) is 1.92. The molecule has 0 aliphatic rings. The Labute approximate surface area is 150 Å². The molecule has 8 heteroatoms. The minimum Gasteiger partial charge on any atom is -0.454 e. The van der Waals surface area contributed by atoms with Crippen LogP contribution in [0.2, 0.25) is 0 Å². The Morgan fingerprint density at radius 3 is 2.58 bits per heavy atom. The van der Waals surface area contributed by atoms with Crippen LogP contribution in [0.4, 0.5) is 5.69 Å². The van der Waals surface area contributed by atoms with Crippen molar-refractivity contribution in [2.45, 2.75) is 4.90 Å². The van der Waals surface area contributed by atoms with E-state index in [0.717, 1.165) is 10.5 Å². The molecule has 0 radical (unpaired) electrons. The van der Waals surface area contributed by atoms with E-state index < -0.39 is 17.5 Å². The van der Waals surface area contributed by atoms with Gasteiger partial charge in [-0.3, -0.25) is 14.9 Å². The molecular weight excluding hydrogens is 398 g/mol. The summed E-state index contributed by atoms with van der Waals surface area (Å²) in [5.74, 6) is -1.14. The number of ketones is 1. The fourth-order valence-corrected chi connectivity index (χ4v) is 2.87. The third-order valence-electron chi connectivity index (χ3n) is 3.09. The monoisotopic (exact) mass is 409 g/mol. The number of rotatable bonds is 6. The second kappa shape index (κ2) is 8.07. The summed E-state index contributed by atoms with van der Waals surface area (Å²) < 4.78 is 5.70. The van der Waals surface area contributed by atoms with E-state index in [0.29, 0.717) is 10.5 Å². The van der Waals surface area contributed by atoms with E-state index in [1.807, 2.05) is 0 Å². The molecule has 124 valence electrons. The molecular formula is C16H12BrNO5S. The molecule has 0 fully saturated rings. The fraction of sp³-hybridized carbons (Fsp3) is 0.125. The summed E-state index contributed by atoms with van der Waals surface area (Å²) in [6, 6.07) is 10.8. The van der Waals surface area contributed by atoms with Gasteiger partial charge in [-0.25, -0.2) is 4.79 Å². The second-order valence-corrected chi connectivity index (χ2v) is 6.42. The van der Waals surface area contributed by atoms with Gasteiger partial charge in [0.15, 0.2) is 12.4 Å². The molecule has 0 bridgehead atoms. The van der Waals surface area contributed by atoms with Crippen molar-refractivity contribution in [3.63, 3.8) is 0 Å². The lowest BCUT2D eigenvalue weighted by molar-refractivity contribution is -0.387. The SMILES string of the molecule is CSc1ccc(C(=O)OCC(=O)c2cccc(Br)c2)cc1[N+](=O)[O-]. The van der Waals surface area contributed by atoms with Gasteiger partial charge in [-0.2, -0.15) is 0 Å². The first-order valence-electron chi connectivity index (χ1n) is 6.70. The lowest BCUT2D eigenvalue weighted by Crippen LogP contribution is -2.14. The van der Waals surface area contributed by atoms with Gasteiger partial charge >= 0.3 is 5.97 Å². The number of esters is 1. The molecule has 6 nitrogen and oxygen atoms in total. The molecule has 0 spiro atoms. The molecule has 0 saturated carbocycles. The molecule has 0 atom stereocenters. The summed E-state index contributed by atoms with van der Waals surface area (Å²) in [5.41, 5.74) is 0.262. The highest BCUT2D eigenvalue weighted by Crippen LogP contribution is 2.28. The van der Waals surface area contributed by atoms with Crippen LogP contribution in [-0.4, -0.2) is 29.5 Å². The average Bonchev–Trinajstić information content (AvgIpc) is 2.58. The predicted octanol–water partition coefficient (Wildman–Crippen LogP) is 4.12. The molecule has 0 aliphatic carbocycles. The number of carbonyl (C=O) groups is 2. The topological polar surface area (TPSA) is 86.5 Å². The summed E-state index contributed by atoms with van der Waals surface area (Å²) >= 11 is 4.47. The summed E-state index contributed by atoms with van der Waals surface area (Å²) in [5, 5.41) is 11.0. The van der Waals surface area contributed by atoms with Crippen molar-refractivity contribution in [2.24, 2.45) is 0 Å². The van der Waals surface area contributed by atoms with E-state index in [9.17, 15) is 19.7 Å². The van der Waals surface area contributed by atoms with E-state index in [2.05, 4.69) is 15.9 Å². The predicted molar refractivity (Wildman–Crippen MR) is 93.6 cm³/mol. The summed E-state index contributed by atoms with van der Waals surface area (Å²) in [6.07, 6.45) is 1.71. The maximum Gasteiger partial charge on any atom is 0.338 e. The number of hydrogen-bond donors (Lipinski definition) is 0. The van der Waals surface area contributed by atoms with Gasteiger partial charge in [0.1, 0.15) is 0 Å². The maximum atomic E-state index is 12.0. The first-order chi connectivity index (χ1) is 11.4. The molecule has 0 heterocycles. The van der Waals surface area contributed by atoms with Gasteiger partial charge in [-0.15, -0.1) is 11.8 Å². The van der Waals surface area contributed by atoms with Crippen LogP contribution in [0.3, 0.4) is 0 Å². The van der Waals surface area contributed by atoms with Gasteiger partial charge < -0.3 is 4.74 Å². The van der Waals surface area contributed by atoms with Gasteiger partial charge in [-0.05, 0) is 30.5 Å². The van der Waals surface area contributed by atoms with Crippen LogP contribution < -0.4 is 0 Å². The molecule has 2 aromatic carbocycles. The Kier molecular flexibility index (Phi) is 6.10. The number of thioether (sulfide) groups is 1. The number of ether oxygens (including phenoxy) is 1. The van der Waals surface area contributed by atoms with Crippen molar-refractivity contribution in [1.82, 2.24) is 0 Å². The lowest BCUT2D eigenvalue weighted by Gasteiger charge is -2.06. The van der Waals surface area contributed by atoms with E-state index >= 15 is 0 Å². The highest BCUT2D eigenvalue weighted by Gasteiger charge is 2.18. The van der Waals surface area contributed by atoms with Crippen LogP contribution >= 0.6 is 27.7 Å². The number of nitro benzene ring substituents is 1. The average molecular weight is 410 g/mol. The smallest absolute Gasteiger partial charge is 0.338 e. The van der Waals surface area contributed by atoms with E-state index in [4.69, 9.17) is 4.74 Å². The van der Waals surface area contributed by atoms with Gasteiger partial charge in [0.2, 0.25) is 0 Å². The Morgan fingerprint density at radius 2 is 1.96 bits per heavy atom. The van der Waals surface area contributed by atoms with E-state index in [1.54, 1.807) is 30.5 Å². The van der Waals surface area contributed by atoms with Crippen molar-refractivity contribution < 1.29 is 19.2 Å². The molecule has 2 aromatic rings. The standard InChI is InChI=1S/C16H12BrNO5S/c1-24-15-6-5-11(8-13(15)18(21)22)16(20)23-9-14(19)10-3-2-4-12(17)7-10/h2-8H,9H2,1H3. The van der Waals surface area contributed by atoms with Crippen molar-refractivity contribution >= 4 is 45.1 Å². The van der Waals surface area contributed by atoms with Gasteiger partial charge in [0.25, 0.3) is 5.69 Å². The van der Waals surface area contributed by atoms with Crippen molar-refractivity contribution in [3.8, 4) is 0 Å². The van der Waals surface area contributed by atoms with Crippen LogP contribution in [-0.2, 0) is 4.74 Å². The third-order valence-corrected chi connectivity index (χ3v) is 4.37. The quantitative estimate of drug-likeness (QED) is 0.234. The van der Waals surface area contributed by atoms with Crippen molar-refractivity contribution in [3.05, 3.63) is 68.2 Å². The second-order valence-electron chi connectivity index (χ2n) is 4.65. The lowest BCUT2D eigenvalue weighted by atomic mass is 10.1. The van der Waals surface area contributed by atoms with Crippen molar-refractivity contribution in [1.29, 1.82) is 0 Å². The largest absolute Gasteiger partial charge is 0.454 e. The zero-order valence-electron chi connectivity index (χ0n) is 12.5. The van der Waals surface area contributed by atoms with E-state index in [-0.39, 0.29) is 17.0 Å². The minimum atomic E-state index is -0.783. The van der Waals surface area contributed by atoms with Crippen LogP contribution in [0.1, 0.15) is 20.7 Å². The molecule has 0 saturated heterocycles. The van der Waals surface area contributed by atoms with Crippen molar-refractivity contribution in [2.75, 3.05) is 12.9 Å². The number of hydrogen-bond acceptors (Lipinski definition) is 6. The number of benzene rings is 2. The van der Waals surface area contributed by atoms with Crippen LogP contribution in [0.15, 0.2) is 51.8 Å². The Hall–Kier alpha value is -2.19. The summed E-state index contributed by atoms with van der Waals surface area (Å²) in [4.78, 5) is 34.9. The van der Waals surface area contributed by atoms with E-state index in [1.165, 1.54) is 23.9 Å². The zero-order valence-corrected chi connectivity index (χ0v) is 14.9. The molecule has 0 amide bonds. The number of carbonyl (C=O) groups excluding carboxylic acids is 2. The number of nitro groups is 1. The Bertz CT molecular complexity index is 809. The molecule has 24 heavy (non-hydrogen) atoms. The van der Waals surface area contributed by atoms with Crippen LogP contribution in [0, 0.1) is 10.1 Å². The zero-order chi connectivity index (χ0) is 17.7. The van der Waals surface area contributed by atoms with Gasteiger partial charge in [0, 0.05) is 16.1 Å². The first kappa shape index (κ1) is 18.2. The molecule has 0 aliphatic heterocycles. The minimum absolute atomic E-state index is 0.0292. The highest BCUT2D eigenvalue weighted by molar-refractivity contribution is 9.10. The number of Topliss-reactive ketones (excluding diaryl/α,β-unsaturated/α-hetero) is 1. The molecule has 0 unspecified atom stereocenters. The van der Waals surface area contributed by atoms with Gasteiger partial charge in [-0.1, -0.05) is 28.1 Å². The summed E-state index contributed by atoms with van der Waals surface area (Å²) in [7, 11) is 0. The maximum absolute atomic E-state index is 12.0. The first-order valence-corrected chi connectivity index (χ1v) is 8.72. The highest BCUT2D eigenvalue weighted by atomic mass is 79.9. The Balaban J connectivity index is 2.09. The van der Waals surface area contributed by atoms with Crippen LogP contribution in [0.25, 0.3) is 0 Å². The molecule has 0 N–H and O–H groups in total. The number of nitrogens with zero attached hydrogens (tertiary/aromatic N) is 1. The Morgan fingerprint density at radius 1 is 1.21 bits per heavy atom. The van der Waals surface area contributed by atoms with Gasteiger partial charge in [0.05, 0.1) is 15.4 Å². The number of halogens is 1. The molecule has 0 aromatic heterocycles. The van der Waals surface area contributed by atoms with Crippen LogP contribution in [0.5, 0.6) is 0 Å². The summed E-state index contributed by atoms with van der Waals surface area (Å²) in [6.45, 7) is -0.437.